The van der Waals surface area contributed by atoms with Crippen LogP contribution in [0.25, 0.3) is 44.2 Å². The van der Waals surface area contributed by atoms with Crippen molar-refractivity contribution < 1.29 is 9.59 Å². The molecule has 2 amide bonds. The first-order valence-electron chi connectivity index (χ1n) is 9.92. The molecular weight excluding hydrogens is 386 g/mol. The Morgan fingerprint density at radius 1 is 0.613 bits per heavy atom. The van der Waals surface area contributed by atoms with E-state index >= 15 is 0 Å². The van der Waals surface area contributed by atoms with Gasteiger partial charge in [-0.2, -0.15) is 0 Å². The van der Waals surface area contributed by atoms with Crippen molar-refractivity contribution in [2.45, 2.75) is 0 Å². The van der Waals surface area contributed by atoms with Gasteiger partial charge >= 0.3 is 0 Å². The Labute approximate surface area is 177 Å². The second-order valence-corrected chi connectivity index (χ2v) is 7.53. The zero-order chi connectivity index (χ0) is 20.9. The van der Waals surface area contributed by atoms with Crippen molar-refractivity contribution in [3.63, 3.8) is 0 Å². The fourth-order valence-corrected chi connectivity index (χ4v) is 4.07. The van der Waals surface area contributed by atoms with E-state index in [9.17, 15) is 9.59 Å². The van der Waals surface area contributed by atoms with Crippen LogP contribution in [0.2, 0.25) is 0 Å². The number of pyridine rings is 2. The van der Waals surface area contributed by atoms with E-state index in [0.29, 0.717) is 11.1 Å². The Hall–Kier alpha value is -4.38. The number of fused-ring (bicyclic) bond motifs is 4. The summed E-state index contributed by atoms with van der Waals surface area (Å²) >= 11 is 0. The summed E-state index contributed by atoms with van der Waals surface area (Å²) in [6.45, 7) is 0. The monoisotopic (exact) mass is 401 g/mol. The summed E-state index contributed by atoms with van der Waals surface area (Å²) in [4.78, 5) is 33.1. The zero-order valence-corrected chi connectivity index (χ0v) is 16.3. The van der Waals surface area contributed by atoms with E-state index in [1.165, 1.54) is 0 Å². The van der Waals surface area contributed by atoms with Crippen LogP contribution < -0.4 is 5.32 Å². The molecule has 0 fully saturated rings. The molecule has 0 aliphatic carbocycles. The van der Waals surface area contributed by atoms with E-state index in [1.54, 1.807) is 18.3 Å². The molecule has 1 aliphatic heterocycles. The maximum Gasteiger partial charge on any atom is 0.258 e. The van der Waals surface area contributed by atoms with Crippen molar-refractivity contribution in [2.24, 2.45) is 0 Å². The summed E-state index contributed by atoms with van der Waals surface area (Å²) in [5, 5.41) is 4.44. The quantitative estimate of drug-likeness (QED) is 0.334. The number of hydrogen-bond donors (Lipinski definition) is 1. The summed E-state index contributed by atoms with van der Waals surface area (Å²) < 4.78 is 0. The maximum atomic E-state index is 12.0. The average molecular weight is 401 g/mol. The lowest BCUT2D eigenvalue weighted by Crippen LogP contribution is -2.19. The number of benzene rings is 3. The summed E-state index contributed by atoms with van der Waals surface area (Å²) in [5.74, 6) is -0.689. The van der Waals surface area contributed by atoms with Gasteiger partial charge in [-0.1, -0.05) is 54.6 Å². The second kappa shape index (κ2) is 6.57. The third-order valence-corrected chi connectivity index (χ3v) is 5.68. The van der Waals surface area contributed by atoms with E-state index < -0.39 is 0 Å². The topological polar surface area (TPSA) is 72.0 Å². The standard InChI is InChI=1S/C26H15N3O2/c30-25-20-11-9-19(14-21(20)26(31)29-25)15-3-5-16(6-4-15)22-12-10-18-8-7-17-2-1-13-27-23(17)24(18)28-22/h1-14H,(H,29,30,31). The molecule has 2 aromatic heterocycles. The number of carbonyl (C=O) groups excluding carboxylic acids is 2. The minimum atomic E-state index is -0.348. The van der Waals surface area contributed by atoms with E-state index in [0.717, 1.165) is 44.2 Å². The third kappa shape index (κ3) is 2.79. The van der Waals surface area contributed by atoms with Crippen molar-refractivity contribution in [1.29, 1.82) is 0 Å². The SMILES string of the molecule is O=C1NC(=O)c2cc(-c3ccc(-c4ccc5ccc6cccnc6c5n4)cc3)ccc21. The average Bonchev–Trinajstić information content (AvgIpc) is 3.11. The highest BCUT2D eigenvalue weighted by Crippen LogP contribution is 2.29. The van der Waals surface area contributed by atoms with Crippen LogP contribution in [0.15, 0.2) is 85.1 Å². The van der Waals surface area contributed by atoms with E-state index in [1.807, 2.05) is 48.5 Å². The van der Waals surface area contributed by atoms with Crippen molar-refractivity contribution in [2.75, 3.05) is 0 Å². The molecule has 1 N–H and O–H groups in total. The third-order valence-electron chi connectivity index (χ3n) is 5.68. The van der Waals surface area contributed by atoms with Gasteiger partial charge in [-0.3, -0.25) is 19.9 Å². The maximum absolute atomic E-state index is 12.0. The largest absolute Gasteiger partial charge is 0.288 e. The molecule has 146 valence electrons. The molecule has 0 saturated heterocycles. The molecule has 0 unspecified atom stereocenters. The van der Waals surface area contributed by atoms with Crippen molar-refractivity contribution in [3.05, 3.63) is 96.2 Å². The van der Waals surface area contributed by atoms with Crippen LogP contribution in [0, 0.1) is 0 Å². The van der Waals surface area contributed by atoms with Crippen LogP contribution in [0.3, 0.4) is 0 Å². The molecule has 0 spiro atoms. The number of carbonyl (C=O) groups is 2. The number of imide groups is 1. The predicted octanol–water partition coefficient (Wildman–Crippen LogP) is 5.00. The van der Waals surface area contributed by atoms with E-state index in [4.69, 9.17) is 4.98 Å². The zero-order valence-electron chi connectivity index (χ0n) is 16.3. The van der Waals surface area contributed by atoms with Crippen LogP contribution in [-0.4, -0.2) is 21.8 Å². The first kappa shape index (κ1) is 17.5. The molecule has 3 heterocycles. The summed E-state index contributed by atoms with van der Waals surface area (Å²) in [7, 11) is 0. The van der Waals surface area contributed by atoms with Crippen LogP contribution in [-0.2, 0) is 0 Å². The predicted molar refractivity (Wildman–Crippen MR) is 120 cm³/mol. The first-order chi connectivity index (χ1) is 15.2. The van der Waals surface area contributed by atoms with Gasteiger partial charge in [0.1, 0.15) is 0 Å². The Morgan fingerprint density at radius 2 is 1.29 bits per heavy atom. The molecule has 5 nitrogen and oxygen atoms in total. The van der Waals surface area contributed by atoms with Crippen LogP contribution in [0.1, 0.15) is 20.7 Å². The van der Waals surface area contributed by atoms with Crippen molar-refractivity contribution >= 4 is 33.6 Å². The molecule has 31 heavy (non-hydrogen) atoms. The normalized spacial score (nSPS) is 12.9. The van der Waals surface area contributed by atoms with Gasteiger partial charge in [0.15, 0.2) is 0 Å². The van der Waals surface area contributed by atoms with Gasteiger partial charge in [0.2, 0.25) is 0 Å². The van der Waals surface area contributed by atoms with Crippen LogP contribution >= 0.6 is 0 Å². The Bertz CT molecular complexity index is 1540. The number of nitrogens with zero attached hydrogens (tertiary/aromatic N) is 2. The molecule has 5 aromatic rings. The molecule has 3 aromatic carbocycles. The highest BCUT2D eigenvalue weighted by molar-refractivity contribution is 6.21. The van der Waals surface area contributed by atoms with Gasteiger partial charge in [-0.05, 0) is 35.4 Å². The Kier molecular flexibility index (Phi) is 3.70. The van der Waals surface area contributed by atoms with Crippen molar-refractivity contribution in [3.8, 4) is 22.4 Å². The number of rotatable bonds is 2. The van der Waals surface area contributed by atoms with E-state index in [2.05, 4.69) is 28.5 Å². The summed E-state index contributed by atoms with van der Waals surface area (Å²) in [6.07, 6.45) is 1.79. The fourth-order valence-electron chi connectivity index (χ4n) is 4.07. The van der Waals surface area contributed by atoms with Crippen LogP contribution in [0.4, 0.5) is 0 Å². The van der Waals surface area contributed by atoms with Gasteiger partial charge in [0.05, 0.1) is 27.9 Å². The lowest BCUT2D eigenvalue weighted by molar-refractivity contribution is 0.0879. The van der Waals surface area contributed by atoms with Gasteiger partial charge in [-0.25, -0.2) is 4.98 Å². The molecule has 0 radical (unpaired) electrons. The molecule has 0 saturated carbocycles. The lowest BCUT2D eigenvalue weighted by Gasteiger charge is -2.08. The first-order valence-corrected chi connectivity index (χ1v) is 9.92. The Balaban J connectivity index is 1.40. The number of hydrogen-bond acceptors (Lipinski definition) is 4. The molecule has 5 heteroatoms. The summed E-state index contributed by atoms with van der Waals surface area (Å²) in [6, 6.07) is 25.5. The Morgan fingerprint density at radius 3 is 2.13 bits per heavy atom. The van der Waals surface area contributed by atoms with Gasteiger partial charge in [-0.15, -0.1) is 0 Å². The second-order valence-electron chi connectivity index (χ2n) is 7.53. The van der Waals surface area contributed by atoms with Crippen molar-refractivity contribution in [1.82, 2.24) is 15.3 Å². The van der Waals surface area contributed by atoms with E-state index in [-0.39, 0.29) is 11.8 Å². The number of amides is 2. The number of aromatic nitrogens is 2. The minimum Gasteiger partial charge on any atom is -0.288 e. The van der Waals surface area contributed by atoms with Gasteiger partial charge in [0, 0.05) is 22.5 Å². The van der Waals surface area contributed by atoms with Gasteiger partial charge in [0.25, 0.3) is 11.8 Å². The molecule has 0 bridgehead atoms. The molecule has 6 rings (SSSR count). The molecule has 0 atom stereocenters. The van der Waals surface area contributed by atoms with Crippen LogP contribution in [0.5, 0.6) is 0 Å². The van der Waals surface area contributed by atoms with Gasteiger partial charge < -0.3 is 0 Å². The molecular formula is C26H15N3O2. The summed E-state index contributed by atoms with van der Waals surface area (Å²) in [5.41, 5.74) is 6.33. The number of nitrogens with one attached hydrogen (secondary N) is 1. The minimum absolute atomic E-state index is 0.341. The highest BCUT2D eigenvalue weighted by Gasteiger charge is 2.26. The molecule has 1 aliphatic rings. The fraction of sp³-hybridized carbons (Fsp3) is 0. The smallest absolute Gasteiger partial charge is 0.258 e. The highest BCUT2D eigenvalue weighted by atomic mass is 16.2. The lowest BCUT2D eigenvalue weighted by atomic mass is 9.98.